The Morgan fingerprint density at radius 2 is 2.00 bits per heavy atom. The number of alkyl halides is 2. The molecular weight excluding hydrogens is 242 g/mol. The number of halogens is 2. The van der Waals surface area contributed by atoms with Crippen molar-refractivity contribution in [3.8, 4) is 0 Å². The Balaban J connectivity index is 2.37. The molecule has 1 aromatic carbocycles. The van der Waals surface area contributed by atoms with E-state index in [1.807, 2.05) is 6.07 Å². The third-order valence-corrected chi connectivity index (χ3v) is 2.39. The number of hydrogen-bond acceptors (Lipinski definition) is 3. The van der Waals surface area contributed by atoms with Crippen molar-refractivity contribution in [1.29, 1.82) is 0 Å². The molecule has 0 spiro atoms. The molecule has 5 nitrogen and oxygen atoms in total. The van der Waals surface area contributed by atoms with Crippen LogP contribution in [0.4, 0.5) is 8.78 Å². The first-order chi connectivity index (χ1) is 8.59. The third-order valence-electron chi connectivity index (χ3n) is 2.39. The van der Waals surface area contributed by atoms with Gasteiger partial charge in [0.1, 0.15) is 5.69 Å². The molecule has 2 N–H and O–H groups in total. The lowest BCUT2D eigenvalue weighted by molar-refractivity contribution is 0.0977. The Morgan fingerprint density at radius 1 is 1.33 bits per heavy atom. The number of hydrogen-bond donors (Lipinski definition) is 1. The smallest absolute Gasteiger partial charge is 0.282 e. The van der Waals surface area contributed by atoms with Gasteiger partial charge in [-0.2, -0.15) is 0 Å². The van der Waals surface area contributed by atoms with Crippen LogP contribution in [0, 0.1) is 0 Å². The predicted octanol–water partition coefficient (Wildman–Crippen LogP) is 1.36. The van der Waals surface area contributed by atoms with Gasteiger partial charge in [0.05, 0.1) is 6.54 Å². The minimum Gasteiger partial charge on any atom is -0.364 e. The van der Waals surface area contributed by atoms with Crippen LogP contribution in [0.3, 0.4) is 0 Å². The maximum atomic E-state index is 12.9. The maximum absolute atomic E-state index is 12.9. The number of nitrogens with two attached hydrogens (primary N) is 1. The van der Waals surface area contributed by atoms with E-state index in [4.69, 9.17) is 5.73 Å². The van der Waals surface area contributed by atoms with Crippen LogP contribution in [0.2, 0.25) is 0 Å². The minimum absolute atomic E-state index is 0.112. The highest BCUT2D eigenvalue weighted by Gasteiger charge is 2.24. The molecule has 0 aliphatic carbocycles. The monoisotopic (exact) mass is 252 g/mol. The van der Waals surface area contributed by atoms with E-state index in [0.29, 0.717) is 0 Å². The van der Waals surface area contributed by atoms with Crippen molar-refractivity contribution in [3.63, 3.8) is 0 Å². The Kier molecular flexibility index (Phi) is 3.31. The number of nitrogens with zero attached hydrogens (tertiary/aromatic N) is 3. The second-order valence-electron chi connectivity index (χ2n) is 3.63. The van der Waals surface area contributed by atoms with Crippen molar-refractivity contribution < 1.29 is 13.6 Å². The topological polar surface area (TPSA) is 73.8 Å². The molecule has 2 rings (SSSR count). The lowest BCUT2D eigenvalue weighted by atomic mass is 10.2. The lowest BCUT2D eigenvalue weighted by Gasteiger charge is -2.06. The molecule has 0 aliphatic rings. The summed E-state index contributed by atoms with van der Waals surface area (Å²) in [4.78, 5) is 11.0. The summed E-state index contributed by atoms with van der Waals surface area (Å²) in [6.45, 7) is 0.112. The summed E-state index contributed by atoms with van der Waals surface area (Å²) in [5.74, 6) is -1.01. The van der Waals surface area contributed by atoms with E-state index < -0.39 is 23.7 Å². The predicted molar refractivity (Wildman–Crippen MR) is 59.0 cm³/mol. The van der Waals surface area contributed by atoms with Gasteiger partial charge >= 0.3 is 0 Å². The molecular formula is C11H10F2N4O. The molecule has 1 heterocycles. The summed E-state index contributed by atoms with van der Waals surface area (Å²) in [6, 6.07) is 8.90. The maximum Gasteiger partial charge on any atom is 0.282 e. The summed E-state index contributed by atoms with van der Waals surface area (Å²) < 4.78 is 26.7. The van der Waals surface area contributed by atoms with E-state index >= 15 is 0 Å². The fraction of sp³-hybridized carbons (Fsp3) is 0.182. The number of primary amides is 1. The zero-order valence-electron chi connectivity index (χ0n) is 9.25. The molecule has 0 saturated carbocycles. The summed E-state index contributed by atoms with van der Waals surface area (Å²) in [7, 11) is 0. The second-order valence-corrected chi connectivity index (χ2v) is 3.63. The van der Waals surface area contributed by atoms with E-state index in [1.165, 1.54) is 0 Å². The van der Waals surface area contributed by atoms with E-state index in [0.717, 1.165) is 10.2 Å². The molecule has 0 radical (unpaired) electrons. The molecule has 94 valence electrons. The fourth-order valence-electron chi connectivity index (χ4n) is 1.59. The van der Waals surface area contributed by atoms with Crippen LogP contribution in [0.15, 0.2) is 30.3 Å². The Morgan fingerprint density at radius 3 is 2.56 bits per heavy atom. The van der Waals surface area contributed by atoms with E-state index in [9.17, 15) is 13.6 Å². The number of rotatable bonds is 4. The largest absolute Gasteiger partial charge is 0.364 e. The van der Waals surface area contributed by atoms with Crippen molar-refractivity contribution in [1.82, 2.24) is 15.0 Å². The molecule has 0 unspecified atom stereocenters. The Bertz CT molecular complexity index is 553. The highest BCUT2D eigenvalue weighted by Crippen LogP contribution is 2.21. The van der Waals surface area contributed by atoms with Gasteiger partial charge < -0.3 is 5.73 Å². The Hall–Kier alpha value is -2.31. The molecule has 0 bridgehead atoms. The molecule has 0 saturated heterocycles. The van der Waals surface area contributed by atoms with Gasteiger partial charge in [0.15, 0.2) is 5.69 Å². The summed E-state index contributed by atoms with van der Waals surface area (Å²) in [5.41, 5.74) is 4.71. The highest BCUT2D eigenvalue weighted by molar-refractivity contribution is 5.91. The van der Waals surface area contributed by atoms with E-state index in [-0.39, 0.29) is 6.54 Å². The second kappa shape index (κ2) is 4.91. The summed E-state index contributed by atoms with van der Waals surface area (Å²) in [5, 5.41) is 6.93. The Labute approximate surface area is 101 Å². The van der Waals surface area contributed by atoms with Crippen molar-refractivity contribution in [3.05, 3.63) is 47.3 Å². The SMILES string of the molecule is NC(=O)c1nnn(Cc2ccccc2)c1C(F)F. The molecule has 7 heteroatoms. The van der Waals surface area contributed by atoms with Crippen molar-refractivity contribution in [2.24, 2.45) is 5.73 Å². The molecule has 1 amide bonds. The van der Waals surface area contributed by atoms with Gasteiger partial charge in [0.25, 0.3) is 12.3 Å². The average Bonchev–Trinajstić information content (AvgIpc) is 2.74. The molecule has 0 fully saturated rings. The molecule has 2 aromatic rings. The fourth-order valence-corrected chi connectivity index (χ4v) is 1.59. The minimum atomic E-state index is -2.86. The molecule has 0 atom stereocenters. The van der Waals surface area contributed by atoms with Crippen molar-refractivity contribution >= 4 is 5.91 Å². The van der Waals surface area contributed by atoms with Gasteiger partial charge in [-0.15, -0.1) is 5.10 Å². The van der Waals surface area contributed by atoms with E-state index in [1.54, 1.807) is 24.3 Å². The van der Waals surface area contributed by atoms with Crippen LogP contribution in [0.1, 0.15) is 28.2 Å². The van der Waals surface area contributed by atoms with Crippen LogP contribution in [-0.2, 0) is 6.54 Å². The van der Waals surface area contributed by atoms with Crippen LogP contribution < -0.4 is 5.73 Å². The number of carbonyl (C=O) groups excluding carboxylic acids is 1. The van der Waals surface area contributed by atoms with Gasteiger partial charge in [0.2, 0.25) is 0 Å². The number of benzene rings is 1. The first-order valence-corrected chi connectivity index (χ1v) is 5.15. The van der Waals surface area contributed by atoms with Crippen LogP contribution >= 0.6 is 0 Å². The van der Waals surface area contributed by atoms with Crippen LogP contribution in [0.25, 0.3) is 0 Å². The summed E-state index contributed by atoms with van der Waals surface area (Å²) >= 11 is 0. The van der Waals surface area contributed by atoms with Gasteiger partial charge in [-0.25, -0.2) is 13.5 Å². The normalized spacial score (nSPS) is 10.8. The zero-order valence-corrected chi connectivity index (χ0v) is 9.25. The lowest BCUT2D eigenvalue weighted by Crippen LogP contribution is -2.16. The van der Waals surface area contributed by atoms with Gasteiger partial charge in [-0.3, -0.25) is 4.79 Å². The standard InChI is InChI=1S/C11H10F2N4O/c12-10(13)9-8(11(14)18)15-16-17(9)6-7-4-2-1-3-5-7/h1-5,10H,6H2,(H2,14,18). The van der Waals surface area contributed by atoms with Crippen molar-refractivity contribution in [2.75, 3.05) is 0 Å². The molecule has 1 aromatic heterocycles. The van der Waals surface area contributed by atoms with E-state index in [2.05, 4.69) is 10.3 Å². The van der Waals surface area contributed by atoms with Crippen LogP contribution in [0.5, 0.6) is 0 Å². The first-order valence-electron chi connectivity index (χ1n) is 5.15. The number of aromatic nitrogens is 3. The highest BCUT2D eigenvalue weighted by atomic mass is 19.3. The van der Waals surface area contributed by atoms with Gasteiger partial charge in [-0.1, -0.05) is 35.5 Å². The quantitative estimate of drug-likeness (QED) is 0.892. The van der Waals surface area contributed by atoms with Gasteiger partial charge in [0, 0.05) is 0 Å². The molecule has 18 heavy (non-hydrogen) atoms. The zero-order chi connectivity index (χ0) is 13.1. The first kappa shape index (κ1) is 12.2. The third kappa shape index (κ3) is 2.34. The average molecular weight is 252 g/mol. The van der Waals surface area contributed by atoms with Crippen LogP contribution in [-0.4, -0.2) is 20.9 Å². The number of carbonyl (C=O) groups is 1. The summed E-state index contributed by atoms with van der Waals surface area (Å²) in [6.07, 6.45) is -2.86. The number of amides is 1. The van der Waals surface area contributed by atoms with Crippen molar-refractivity contribution in [2.45, 2.75) is 13.0 Å². The molecule has 0 aliphatic heterocycles. The van der Waals surface area contributed by atoms with Gasteiger partial charge in [-0.05, 0) is 5.56 Å².